The second-order valence-electron chi connectivity index (χ2n) is 19.2. The first kappa shape index (κ1) is 62.6. The summed E-state index contributed by atoms with van der Waals surface area (Å²) in [5.41, 5.74) is 0. The van der Waals surface area contributed by atoms with E-state index in [1.54, 1.807) is 0 Å². The number of esters is 3. The van der Waals surface area contributed by atoms with Crippen LogP contribution in [0.4, 0.5) is 0 Å². The quantitative estimate of drug-likeness (QED) is 0.0199. The lowest BCUT2D eigenvalue weighted by molar-refractivity contribution is -0.167. The van der Waals surface area contributed by atoms with Gasteiger partial charge in [0.05, 0.1) is 0 Å². The Morgan fingerprint density at radius 1 is 0.308 bits per heavy atom. The standard InChI is InChI=1S/C59H108O6/c1-4-7-10-13-16-19-22-25-28-30-32-34-37-40-43-46-49-52-58(61)64-55-56(54-63-57(60)51-48-45-42-39-36-33-27-24-21-18-15-12-9-6-3)65-59(62)53-50-47-44-41-38-35-31-29-26-23-20-17-14-11-8-5-2/h29,31,33,35-36,38,56H,4-28,30,32,34,37,39-55H2,1-3H3/b31-29-,36-33-,38-35-. The van der Waals surface area contributed by atoms with Gasteiger partial charge < -0.3 is 14.2 Å². The molecule has 0 saturated heterocycles. The number of hydrogen-bond acceptors (Lipinski definition) is 6. The Balaban J connectivity index is 4.39. The highest BCUT2D eigenvalue weighted by Crippen LogP contribution is 2.16. The van der Waals surface area contributed by atoms with Crippen LogP contribution in [0.15, 0.2) is 36.5 Å². The molecule has 65 heavy (non-hydrogen) atoms. The van der Waals surface area contributed by atoms with Crippen LogP contribution >= 0.6 is 0 Å². The van der Waals surface area contributed by atoms with Crippen molar-refractivity contribution >= 4 is 17.9 Å². The monoisotopic (exact) mass is 913 g/mol. The molecule has 0 aliphatic heterocycles. The molecule has 0 bridgehead atoms. The molecule has 0 radical (unpaired) electrons. The Morgan fingerprint density at radius 3 is 0.877 bits per heavy atom. The van der Waals surface area contributed by atoms with Crippen LogP contribution in [0.25, 0.3) is 0 Å². The number of rotatable bonds is 52. The largest absolute Gasteiger partial charge is 0.462 e. The lowest BCUT2D eigenvalue weighted by atomic mass is 10.0. The lowest BCUT2D eigenvalue weighted by Gasteiger charge is -2.18. The third kappa shape index (κ3) is 52.5. The SMILES string of the molecule is CCCCCCCCC/C=C\C=C/CCCCCC(=O)OC(COC(=O)CCCCC/C=C\CCCCCCCCC)COC(=O)CCCCCCCCCCCCCCCCCCC. The average molecular weight is 914 g/mol. The van der Waals surface area contributed by atoms with Crippen molar-refractivity contribution in [3.8, 4) is 0 Å². The van der Waals surface area contributed by atoms with Gasteiger partial charge in [0.15, 0.2) is 6.10 Å². The average Bonchev–Trinajstić information content (AvgIpc) is 3.30. The van der Waals surface area contributed by atoms with Gasteiger partial charge in [-0.3, -0.25) is 14.4 Å². The van der Waals surface area contributed by atoms with E-state index in [4.69, 9.17) is 14.2 Å². The molecule has 6 nitrogen and oxygen atoms in total. The summed E-state index contributed by atoms with van der Waals surface area (Å²) in [5, 5.41) is 0. The Morgan fingerprint density at radius 2 is 0.554 bits per heavy atom. The number of carbonyl (C=O) groups excluding carboxylic acids is 3. The molecule has 0 aromatic carbocycles. The summed E-state index contributed by atoms with van der Waals surface area (Å²) in [6.07, 6.45) is 64.2. The fraction of sp³-hybridized carbons (Fsp3) is 0.847. The Hall–Kier alpha value is -2.37. The molecule has 0 aliphatic rings. The van der Waals surface area contributed by atoms with Gasteiger partial charge in [-0.15, -0.1) is 0 Å². The molecular weight excluding hydrogens is 805 g/mol. The van der Waals surface area contributed by atoms with E-state index in [0.717, 1.165) is 83.5 Å². The van der Waals surface area contributed by atoms with E-state index in [9.17, 15) is 14.4 Å². The van der Waals surface area contributed by atoms with E-state index in [2.05, 4.69) is 57.2 Å². The van der Waals surface area contributed by atoms with E-state index < -0.39 is 6.10 Å². The van der Waals surface area contributed by atoms with Crippen LogP contribution in [-0.2, 0) is 28.6 Å². The van der Waals surface area contributed by atoms with Gasteiger partial charge in [-0.05, 0) is 70.6 Å². The molecule has 0 aliphatic carbocycles. The molecule has 0 heterocycles. The van der Waals surface area contributed by atoms with Crippen molar-refractivity contribution in [1.82, 2.24) is 0 Å². The molecule has 0 fully saturated rings. The van der Waals surface area contributed by atoms with Crippen LogP contribution in [0, 0.1) is 0 Å². The van der Waals surface area contributed by atoms with Gasteiger partial charge in [-0.2, -0.15) is 0 Å². The first-order valence-electron chi connectivity index (χ1n) is 28.5. The van der Waals surface area contributed by atoms with Crippen molar-refractivity contribution < 1.29 is 28.6 Å². The van der Waals surface area contributed by atoms with Gasteiger partial charge in [-0.1, -0.05) is 250 Å². The number of ether oxygens (including phenoxy) is 3. The van der Waals surface area contributed by atoms with Gasteiger partial charge in [0.1, 0.15) is 13.2 Å². The summed E-state index contributed by atoms with van der Waals surface area (Å²) in [4.78, 5) is 38.1. The van der Waals surface area contributed by atoms with Crippen molar-refractivity contribution in [3.63, 3.8) is 0 Å². The van der Waals surface area contributed by atoms with E-state index in [1.807, 2.05) is 0 Å². The molecule has 0 amide bonds. The molecule has 0 spiro atoms. The molecule has 1 unspecified atom stereocenters. The Bertz CT molecular complexity index is 1090. The van der Waals surface area contributed by atoms with E-state index >= 15 is 0 Å². The van der Waals surface area contributed by atoms with E-state index in [1.165, 1.54) is 180 Å². The molecule has 6 heteroatoms. The molecule has 0 N–H and O–H groups in total. The van der Waals surface area contributed by atoms with E-state index in [-0.39, 0.29) is 31.1 Å². The van der Waals surface area contributed by atoms with Crippen LogP contribution in [0.1, 0.15) is 303 Å². The van der Waals surface area contributed by atoms with Gasteiger partial charge in [0.25, 0.3) is 0 Å². The van der Waals surface area contributed by atoms with Crippen molar-refractivity contribution in [2.75, 3.05) is 13.2 Å². The maximum atomic E-state index is 12.8. The fourth-order valence-electron chi connectivity index (χ4n) is 8.31. The molecular formula is C59H108O6. The minimum absolute atomic E-state index is 0.0841. The molecule has 0 saturated carbocycles. The highest BCUT2D eigenvalue weighted by molar-refractivity contribution is 5.71. The van der Waals surface area contributed by atoms with Gasteiger partial charge in [0.2, 0.25) is 0 Å². The second-order valence-corrected chi connectivity index (χ2v) is 19.2. The van der Waals surface area contributed by atoms with E-state index in [0.29, 0.717) is 19.3 Å². The van der Waals surface area contributed by atoms with Crippen LogP contribution in [0.2, 0.25) is 0 Å². The molecule has 380 valence electrons. The van der Waals surface area contributed by atoms with Crippen molar-refractivity contribution in [2.24, 2.45) is 0 Å². The third-order valence-electron chi connectivity index (χ3n) is 12.6. The molecule has 0 aromatic rings. The summed E-state index contributed by atoms with van der Waals surface area (Å²) >= 11 is 0. The van der Waals surface area contributed by atoms with Gasteiger partial charge >= 0.3 is 17.9 Å². The summed E-state index contributed by atoms with van der Waals surface area (Å²) in [6, 6.07) is 0. The first-order chi connectivity index (χ1) is 32.0. The highest BCUT2D eigenvalue weighted by Gasteiger charge is 2.19. The summed E-state index contributed by atoms with van der Waals surface area (Å²) in [7, 11) is 0. The zero-order valence-electron chi connectivity index (χ0n) is 43.5. The van der Waals surface area contributed by atoms with Crippen molar-refractivity contribution in [2.45, 2.75) is 309 Å². The highest BCUT2D eigenvalue weighted by atomic mass is 16.6. The normalized spacial score (nSPS) is 12.2. The predicted octanol–water partition coefficient (Wildman–Crippen LogP) is 18.9. The topological polar surface area (TPSA) is 78.9 Å². The summed E-state index contributed by atoms with van der Waals surface area (Å²) in [6.45, 7) is 6.63. The maximum absolute atomic E-state index is 12.8. The fourth-order valence-corrected chi connectivity index (χ4v) is 8.31. The summed E-state index contributed by atoms with van der Waals surface area (Å²) < 4.78 is 16.8. The number of unbranched alkanes of at least 4 members (excludes halogenated alkanes) is 36. The zero-order valence-corrected chi connectivity index (χ0v) is 43.5. The van der Waals surface area contributed by atoms with Gasteiger partial charge in [0, 0.05) is 19.3 Å². The summed E-state index contributed by atoms with van der Waals surface area (Å²) in [5.74, 6) is -0.911. The minimum Gasteiger partial charge on any atom is -0.462 e. The predicted molar refractivity (Wildman–Crippen MR) is 279 cm³/mol. The Labute approximate surface area is 404 Å². The molecule has 0 aromatic heterocycles. The molecule has 0 rings (SSSR count). The van der Waals surface area contributed by atoms with Crippen LogP contribution in [0.3, 0.4) is 0 Å². The number of carbonyl (C=O) groups is 3. The lowest BCUT2D eigenvalue weighted by Crippen LogP contribution is -2.30. The minimum atomic E-state index is -0.789. The third-order valence-corrected chi connectivity index (χ3v) is 12.6. The smallest absolute Gasteiger partial charge is 0.306 e. The number of hydrogen-bond donors (Lipinski definition) is 0. The van der Waals surface area contributed by atoms with Crippen LogP contribution in [-0.4, -0.2) is 37.2 Å². The van der Waals surface area contributed by atoms with Crippen molar-refractivity contribution in [3.05, 3.63) is 36.5 Å². The zero-order chi connectivity index (χ0) is 47.2. The molecule has 1 atom stereocenters. The van der Waals surface area contributed by atoms with Crippen LogP contribution < -0.4 is 0 Å². The maximum Gasteiger partial charge on any atom is 0.306 e. The second kappa shape index (κ2) is 54.2. The van der Waals surface area contributed by atoms with Crippen LogP contribution in [0.5, 0.6) is 0 Å². The Kier molecular flexibility index (Phi) is 52.3. The van der Waals surface area contributed by atoms with Crippen molar-refractivity contribution in [1.29, 1.82) is 0 Å². The van der Waals surface area contributed by atoms with Gasteiger partial charge in [-0.25, -0.2) is 0 Å². The number of allylic oxidation sites excluding steroid dienone is 6. The first-order valence-corrected chi connectivity index (χ1v) is 28.5.